The Labute approximate surface area is 149 Å². The number of unbranched alkanes of at least 4 members (excludes halogenated alkanes) is 2. The van der Waals surface area contributed by atoms with Crippen LogP contribution < -0.4 is 5.32 Å². The van der Waals surface area contributed by atoms with Crippen LogP contribution in [0.3, 0.4) is 0 Å². The molecule has 0 radical (unpaired) electrons. The molecule has 24 heavy (non-hydrogen) atoms. The van der Waals surface area contributed by atoms with Crippen molar-refractivity contribution in [3.63, 3.8) is 0 Å². The maximum Gasteiger partial charge on any atom is 0.243 e. The zero-order valence-corrected chi connectivity index (χ0v) is 15.9. The van der Waals surface area contributed by atoms with Gasteiger partial charge >= 0.3 is 0 Å². The number of rotatable bonds is 9. The second-order valence-electron chi connectivity index (χ2n) is 8.34. The lowest BCUT2D eigenvalue weighted by atomic mass is 9.68. The Hall–Kier alpha value is -0.790. The van der Waals surface area contributed by atoms with Gasteiger partial charge in [-0.15, -0.1) is 0 Å². The largest absolute Gasteiger partial charge is 0.353 e. The van der Waals surface area contributed by atoms with Gasteiger partial charge in [0.25, 0.3) is 0 Å². The molecule has 138 valence electrons. The zero-order chi connectivity index (χ0) is 17.2. The van der Waals surface area contributed by atoms with Gasteiger partial charge < -0.3 is 5.32 Å². The molecule has 0 aromatic rings. The minimum absolute atomic E-state index is 0.0283. The van der Waals surface area contributed by atoms with E-state index in [4.69, 9.17) is 0 Å². The first-order valence-corrected chi connectivity index (χ1v) is 10.6. The van der Waals surface area contributed by atoms with E-state index in [1.165, 1.54) is 83.1 Å². The normalized spacial score (nSPS) is 30.7. The van der Waals surface area contributed by atoms with Crippen molar-refractivity contribution in [2.45, 2.75) is 90.4 Å². The van der Waals surface area contributed by atoms with Crippen molar-refractivity contribution in [1.82, 2.24) is 5.32 Å². The number of nitrogens with one attached hydrogen (secondary N) is 1. The summed E-state index contributed by atoms with van der Waals surface area (Å²) in [7, 11) is 0. The topological polar surface area (TPSA) is 29.1 Å². The van der Waals surface area contributed by atoms with Crippen LogP contribution in [0.25, 0.3) is 0 Å². The molecule has 2 aliphatic rings. The van der Waals surface area contributed by atoms with E-state index in [0.29, 0.717) is 0 Å². The Kier molecular flexibility index (Phi) is 8.91. The van der Waals surface area contributed by atoms with Crippen LogP contribution in [-0.2, 0) is 4.79 Å². The molecule has 2 fully saturated rings. The van der Waals surface area contributed by atoms with Crippen molar-refractivity contribution < 1.29 is 4.79 Å². The van der Waals surface area contributed by atoms with E-state index in [9.17, 15) is 4.79 Å². The van der Waals surface area contributed by atoms with Crippen LogP contribution in [0.4, 0.5) is 0 Å². The molecule has 0 unspecified atom stereocenters. The molecular weight excluding hydrogens is 294 g/mol. The third-order valence-corrected chi connectivity index (χ3v) is 6.70. The first-order chi connectivity index (χ1) is 11.7. The third-order valence-electron chi connectivity index (χ3n) is 6.70. The molecule has 0 bridgehead atoms. The molecule has 2 heteroatoms. The van der Waals surface area contributed by atoms with Gasteiger partial charge in [-0.2, -0.15) is 0 Å². The fourth-order valence-corrected chi connectivity index (χ4v) is 5.05. The molecule has 2 nitrogen and oxygen atoms in total. The molecular formula is C22H39NO. The van der Waals surface area contributed by atoms with Crippen LogP contribution in [0.2, 0.25) is 0 Å². The Morgan fingerprint density at radius 1 is 0.917 bits per heavy atom. The summed E-state index contributed by atoms with van der Waals surface area (Å²) in [5.41, 5.74) is 0. The Balaban J connectivity index is 1.58. The highest BCUT2D eigenvalue weighted by atomic mass is 16.1. The summed E-state index contributed by atoms with van der Waals surface area (Å²) < 4.78 is 0. The number of hydrogen-bond acceptors (Lipinski definition) is 1. The lowest BCUT2D eigenvalue weighted by molar-refractivity contribution is -0.116. The molecule has 1 N–H and O–H groups in total. The zero-order valence-electron chi connectivity index (χ0n) is 15.9. The van der Waals surface area contributed by atoms with Gasteiger partial charge in [0.2, 0.25) is 5.91 Å². The fraction of sp³-hybridized carbons (Fsp3) is 0.864. The number of hydrogen-bond donors (Lipinski definition) is 1. The maximum absolute atomic E-state index is 11.2. The predicted molar refractivity (Wildman–Crippen MR) is 103 cm³/mol. The Bertz CT molecular complexity index is 362. The van der Waals surface area contributed by atoms with Crippen molar-refractivity contribution in [3.05, 3.63) is 12.7 Å². The molecule has 0 atom stereocenters. The highest BCUT2D eigenvalue weighted by Gasteiger charge is 2.30. The quantitative estimate of drug-likeness (QED) is 0.415. The smallest absolute Gasteiger partial charge is 0.243 e. The van der Waals surface area contributed by atoms with Gasteiger partial charge in [-0.3, -0.25) is 4.79 Å². The summed E-state index contributed by atoms with van der Waals surface area (Å²) >= 11 is 0. The average molecular weight is 334 g/mol. The molecule has 0 aromatic heterocycles. The molecule has 0 aromatic carbocycles. The van der Waals surface area contributed by atoms with Crippen molar-refractivity contribution in [2.24, 2.45) is 23.7 Å². The maximum atomic E-state index is 11.2. The molecule has 0 saturated heterocycles. The summed E-state index contributed by atoms with van der Waals surface area (Å²) in [5, 5.41) is 2.92. The van der Waals surface area contributed by atoms with Crippen LogP contribution in [-0.4, -0.2) is 12.5 Å². The number of amides is 1. The number of carbonyl (C=O) groups is 1. The number of carbonyl (C=O) groups excluding carboxylic acids is 1. The van der Waals surface area contributed by atoms with Gasteiger partial charge in [-0.1, -0.05) is 64.9 Å². The van der Waals surface area contributed by atoms with Gasteiger partial charge in [0.1, 0.15) is 0 Å². The van der Waals surface area contributed by atoms with Gasteiger partial charge in [0, 0.05) is 6.54 Å². The van der Waals surface area contributed by atoms with E-state index in [2.05, 4.69) is 18.8 Å². The molecule has 0 heterocycles. The molecule has 1 amide bonds. The molecule has 2 saturated carbocycles. The van der Waals surface area contributed by atoms with Gasteiger partial charge in [0.15, 0.2) is 0 Å². The summed E-state index contributed by atoms with van der Waals surface area (Å²) in [5.74, 6) is 3.86. The van der Waals surface area contributed by atoms with E-state index >= 15 is 0 Å². The summed E-state index contributed by atoms with van der Waals surface area (Å²) in [6.45, 7) is 6.63. The minimum atomic E-state index is -0.0283. The standard InChI is InChI=1S/C22H39NO/c1-3-5-6-7-18-8-12-20(13-9-18)21-14-10-19(11-15-21)16-17-23-22(24)4-2/h4,18-21H,2-3,5-17H2,1H3,(H,23,24). The second-order valence-corrected chi connectivity index (χ2v) is 8.34. The van der Waals surface area contributed by atoms with E-state index in [1.54, 1.807) is 0 Å². The van der Waals surface area contributed by atoms with E-state index in [1.807, 2.05) is 0 Å². The highest BCUT2D eigenvalue weighted by Crippen LogP contribution is 2.42. The lowest BCUT2D eigenvalue weighted by Crippen LogP contribution is -2.28. The van der Waals surface area contributed by atoms with Gasteiger partial charge in [-0.25, -0.2) is 0 Å². The van der Waals surface area contributed by atoms with Gasteiger partial charge in [-0.05, 0) is 61.9 Å². The van der Waals surface area contributed by atoms with E-state index < -0.39 is 0 Å². The van der Waals surface area contributed by atoms with E-state index in [0.717, 1.165) is 36.6 Å². The van der Waals surface area contributed by atoms with Crippen LogP contribution in [0.15, 0.2) is 12.7 Å². The first kappa shape index (κ1) is 19.5. The first-order valence-electron chi connectivity index (χ1n) is 10.6. The van der Waals surface area contributed by atoms with Crippen molar-refractivity contribution in [1.29, 1.82) is 0 Å². The SMILES string of the molecule is C=CC(=O)NCCC1CCC(C2CCC(CCCCC)CC2)CC1. The minimum Gasteiger partial charge on any atom is -0.353 e. The van der Waals surface area contributed by atoms with Crippen LogP contribution >= 0.6 is 0 Å². The molecule has 2 rings (SSSR count). The Morgan fingerprint density at radius 2 is 1.46 bits per heavy atom. The lowest BCUT2D eigenvalue weighted by Gasteiger charge is -2.38. The van der Waals surface area contributed by atoms with Crippen molar-refractivity contribution in [3.8, 4) is 0 Å². The summed E-state index contributed by atoms with van der Waals surface area (Å²) in [6.07, 6.45) is 19.9. The summed E-state index contributed by atoms with van der Waals surface area (Å²) in [6, 6.07) is 0. The highest BCUT2D eigenvalue weighted by molar-refractivity contribution is 5.86. The van der Waals surface area contributed by atoms with Crippen molar-refractivity contribution >= 4 is 5.91 Å². The Morgan fingerprint density at radius 3 is 1.96 bits per heavy atom. The van der Waals surface area contributed by atoms with Crippen LogP contribution in [0.5, 0.6) is 0 Å². The average Bonchev–Trinajstić information content (AvgIpc) is 2.63. The second kappa shape index (κ2) is 10.9. The fourth-order valence-electron chi connectivity index (χ4n) is 5.05. The van der Waals surface area contributed by atoms with Crippen molar-refractivity contribution in [2.75, 3.05) is 6.54 Å². The van der Waals surface area contributed by atoms with E-state index in [-0.39, 0.29) is 5.91 Å². The van der Waals surface area contributed by atoms with Crippen LogP contribution in [0.1, 0.15) is 90.4 Å². The molecule has 0 aliphatic heterocycles. The van der Waals surface area contributed by atoms with Gasteiger partial charge in [0.05, 0.1) is 0 Å². The monoisotopic (exact) mass is 333 g/mol. The molecule has 0 spiro atoms. The predicted octanol–water partition coefficient (Wildman–Crippen LogP) is 5.87. The van der Waals surface area contributed by atoms with Crippen LogP contribution in [0, 0.1) is 23.7 Å². The molecule has 2 aliphatic carbocycles. The summed E-state index contributed by atoms with van der Waals surface area (Å²) in [4.78, 5) is 11.2. The third kappa shape index (κ3) is 6.61.